The van der Waals surface area contributed by atoms with E-state index in [1.165, 1.54) is 18.2 Å². The van der Waals surface area contributed by atoms with Gasteiger partial charge in [-0.05, 0) is 49.6 Å². The normalized spacial score (nSPS) is 10.7. The van der Waals surface area contributed by atoms with Crippen molar-refractivity contribution < 1.29 is 4.39 Å². The molecule has 0 atom stereocenters. The maximum Gasteiger partial charge on any atom is 0.127 e. The van der Waals surface area contributed by atoms with Crippen LogP contribution in [0.2, 0.25) is 5.02 Å². The molecule has 90 valence electrons. The van der Waals surface area contributed by atoms with Crippen molar-refractivity contribution in [3.8, 4) is 0 Å². The number of unbranched alkanes of at least 4 members (excludes halogenated alkanes) is 1. The van der Waals surface area contributed by atoms with Crippen LogP contribution >= 0.6 is 23.4 Å². The minimum absolute atomic E-state index is 0.194. The van der Waals surface area contributed by atoms with E-state index in [1.54, 1.807) is 12.1 Å². The van der Waals surface area contributed by atoms with Crippen LogP contribution in [0.4, 0.5) is 4.39 Å². The first-order chi connectivity index (χ1) is 7.74. The molecule has 0 unspecified atom stereocenters. The first-order valence-electron chi connectivity index (χ1n) is 5.37. The molecular weight excluding hydrogens is 245 g/mol. The molecule has 0 radical (unpaired) electrons. The maximum absolute atomic E-state index is 13.3. The van der Waals surface area contributed by atoms with Crippen LogP contribution < -0.4 is 5.32 Å². The lowest BCUT2D eigenvalue weighted by atomic mass is 10.2. The molecule has 0 spiro atoms. The largest absolute Gasteiger partial charge is 0.313 e. The molecule has 0 fully saturated rings. The molecule has 1 aromatic carbocycles. The number of thioether (sulfide) groups is 1. The van der Waals surface area contributed by atoms with Gasteiger partial charge in [0.25, 0.3) is 0 Å². The molecule has 4 heteroatoms. The van der Waals surface area contributed by atoms with E-state index in [9.17, 15) is 4.39 Å². The molecule has 1 N–H and O–H groups in total. The van der Waals surface area contributed by atoms with Crippen molar-refractivity contribution in [1.29, 1.82) is 0 Å². The molecule has 0 saturated carbocycles. The fourth-order valence-corrected chi connectivity index (χ4v) is 2.09. The quantitative estimate of drug-likeness (QED) is 0.751. The van der Waals surface area contributed by atoms with Gasteiger partial charge in [0.1, 0.15) is 5.82 Å². The number of hydrogen-bond acceptors (Lipinski definition) is 2. The van der Waals surface area contributed by atoms with Crippen LogP contribution in [0.5, 0.6) is 0 Å². The van der Waals surface area contributed by atoms with Crippen molar-refractivity contribution in [2.75, 3.05) is 18.6 Å². The Morgan fingerprint density at radius 2 is 2.19 bits per heavy atom. The standard InChI is InChI=1S/C12H17ClFNS/c1-16-7-3-2-6-15-9-10-8-11(13)4-5-12(10)14/h4-5,8,15H,2-3,6-7,9H2,1H3. The maximum atomic E-state index is 13.3. The fraction of sp³-hybridized carbons (Fsp3) is 0.500. The number of hydrogen-bond donors (Lipinski definition) is 1. The van der Waals surface area contributed by atoms with Gasteiger partial charge >= 0.3 is 0 Å². The highest BCUT2D eigenvalue weighted by atomic mass is 35.5. The molecule has 0 heterocycles. The number of benzene rings is 1. The highest BCUT2D eigenvalue weighted by Gasteiger charge is 2.01. The molecule has 1 rings (SSSR count). The average molecular weight is 262 g/mol. The molecule has 0 saturated heterocycles. The average Bonchev–Trinajstić information content (AvgIpc) is 2.28. The first kappa shape index (κ1) is 13.8. The second-order valence-corrected chi connectivity index (χ2v) is 5.03. The van der Waals surface area contributed by atoms with Gasteiger partial charge in [-0.2, -0.15) is 11.8 Å². The van der Waals surface area contributed by atoms with Crippen LogP contribution in [0.15, 0.2) is 18.2 Å². The third-order valence-corrected chi connectivity index (χ3v) is 3.21. The SMILES string of the molecule is CSCCCCNCc1cc(Cl)ccc1F. The van der Waals surface area contributed by atoms with E-state index in [0.29, 0.717) is 17.1 Å². The lowest BCUT2D eigenvalue weighted by Gasteiger charge is -2.06. The van der Waals surface area contributed by atoms with E-state index in [1.807, 2.05) is 11.8 Å². The van der Waals surface area contributed by atoms with E-state index in [4.69, 9.17) is 11.6 Å². The van der Waals surface area contributed by atoms with E-state index in [-0.39, 0.29) is 5.82 Å². The third kappa shape index (κ3) is 5.19. The molecule has 0 aliphatic rings. The molecule has 0 amide bonds. The highest BCUT2D eigenvalue weighted by Crippen LogP contribution is 2.14. The van der Waals surface area contributed by atoms with Gasteiger partial charge in [0.05, 0.1) is 0 Å². The molecule has 1 aromatic rings. The molecule has 0 aliphatic carbocycles. The summed E-state index contributed by atoms with van der Waals surface area (Å²) in [5.41, 5.74) is 0.636. The Hall–Kier alpha value is -0.250. The highest BCUT2D eigenvalue weighted by molar-refractivity contribution is 7.98. The zero-order valence-corrected chi connectivity index (χ0v) is 11.0. The molecular formula is C12H17ClFNS. The molecule has 1 nitrogen and oxygen atoms in total. The molecule has 0 aliphatic heterocycles. The Morgan fingerprint density at radius 1 is 1.38 bits per heavy atom. The summed E-state index contributed by atoms with van der Waals surface area (Å²) in [5, 5.41) is 3.80. The summed E-state index contributed by atoms with van der Waals surface area (Å²) in [6.07, 6.45) is 4.43. The van der Waals surface area contributed by atoms with Crippen molar-refractivity contribution in [3.63, 3.8) is 0 Å². The van der Waals surface area contributed by atoms with E-state index >= 15 is 0 Å². The summed E-state index contributed by atoms with van der Waals surface area (Å²) in [7, 11) is 0. The van der Waals surface area contributed by atoms with Crippen LogP contribution in [0.3, 0.4) is 0 Å². The summed E-state index contributed by atoms with van der Waals surface area (Å²) < 4.78 is 13.3. The summed E-state index contributed by atoms with van der Waals surface area (Å²) in [5.74, 6) is 0.994. The van der Waals surface area contributed by atoms with Crippen LogP contribution in [0.1, 0.15) is 18.4 Å². The predicted octanol–water partition coefficient (Wildman–Crippen LogP) is 3.71. The van der Waals surface area contributed by atoms with Crippen LogP contribution in [0.25, 0.3) is 0 Å². The van der Waals surface area contributed by atoms with Crippen LogP contribution in [-0.2, 0) is 6.54 Å². The summed E-state index contributed by atoms with van der Waals surface area (Å²) in [6.45, 7) is 1.47. The monoisotopic (exact) mass is 261 g/mol. The first-order valence-corrected chi connectivity index (χ1v) is 7.15. The van der Waals surface area contributed by atoms with Crippen LogP contribution in [-0.4, -0.2) is 18.6 Å². The van der Waals surface area contributed by atoms with E-state index in [0.717, 1.165) is 13.0 Å². The Bertz CT molecular complexity index is 320. The predicted molar refractivity (Wildman–Crippen MR) is 70.7 cm³/mol. The lowest BCUT2D eigenvalue weighted by Crippen LogP contribution is -2.15. The van der Waals surface area contributed by atoms with Gasteiger partial charge in [-0.25, -0.2) is 4.39 Å². The fourth-order valence-electron chi connectivity index (χ4n) is 1.40. The lowest BCUT2D eigenvalue weighted by molar-refractivity contribution is 0.580. The molecule has 0 aromatic heterocycles. The van der Waals surface area contributed by atoms with Gasteiger partial charge in [-0.3, -0.25) is 0 Å². The van der Waals surface area contributed by atoms with Crippen molar-refractivity contribution >= 4 is 23.4 Å². The Kier molecular flexibility index (Phi) is 6.85. The van der Waals surface area contributed by atoms with Crippen molar-refractivity contribution in [1.82, 2.24) is 5.32 Å². The zero-order valence-electron chi connectivity index (χ0n) is 9.43. The minimum atomic E-state index is -0.194. The second kappa shape index (κ2) is 7.93. The summed E-state index contributed by atoms with van der Waals surface area (Å²) in [4.78, 5) is 0. The number of rotatable bonds is 7. The topological polar surface area (TPSA) is 12.0 Å². The van der Waals surface area contributed by atoms with Gasteiger partial charge in [0.15, 0.2) is 0 Å². The summed E-state index contributed by atoms with van der Waals surface area (Å²) in [6, 6.07) is 4.65. The van der Waals surface area contributed by atoms with Crippen molar-refractivity contribution in [2.24, 2.45) is 0 Å². The van der Waals surface area contributed by atoms with Gasteiger partial charge in [0, 0.05) is 17.1 Å². The Balaban J connectivity index is 2.23. The Morgan fingerprint density at radius 3 is 2.94 bits per heavy atom. The zero-order chi connectivity index (χ0) is 11.8. The van der Waals surface area contributed by atoms with E-state index < -0.39 is 0 Å². The number of nitrogens with one attached hydrogen (secondary N) is 1. The van der Waals surface area contributed by atoms with Gasteiger partial charge < -0.3 is 5.32 Å². The van der Waals surface area contributed by atoms with Gasteiger partial charge in [-0.15, -0.1) is 0 Å². The van der Waals surface area contributed by atoms with Crippen molar-refractivity contribution in [3.05, 3.63) is 34.6 Å². The molecule has 16 heavy (non-hydrogen) atoms. The van der Waals surface area contributed by atoms with Crippen LogP contribution in [0, 0.1) is 5.82 Å². The molecule has 0 bridgehead atoms. The minimum Gasteiger partial charge on any atom is -0.313 e. The van der Waals surface area contributed by atoms with Gasteiger partial charge in [-0.1, -0.05) is 11.6 Å². The van der Waals surface area contributed by atoms with Gasteiger partial charge in [0.2, 0.25) is 0 Å². The van der Waals surface area contributed by atoms with Crippen molar-refractivity contribution in [2.45, 2.75) is 19.4 Å². The number of halogens is 2. The smallest absolute Gasteiger partial charge is 0.127 e. The third-order valence-electron chi connectivity index (χ3n) is 2.28. The summed E-state index contributed by atoms with van der Waals surface area (Å²) >= 11 is 7.66. The Labute approximate surface area is 106 Å². The second-order valence-electron chi connectivity index (χ2n) is 3.61. The van der Waals surface area contributed by atoms with E-state index in [2.05, 4.69) is 11.6 Å².